The SMILES string of the molecule is CCC(C)C1NC(c2cccc(C)c2)N(CC(C)C)C1=O. The second-order valence-electron chi connectivity index (χ2n) is 6.73. The molecule has 1 saturated heterocycles. The smallest absolute Gasteiger partial charge is 0.241 e. The molecule has 0 spiro atoms. The van der Waals surface area contributed by atoms with Crippen LogP contribution in [0.2, 0.25) is 0 Å². The van der Waals surface area contributed by atoms with Crippen LogP contribution < -0.4 is 5.32 Å². The maximum Gasteiger partial charge on any atom is 0.241 e. The van der Waals surface area contributed by atoms with E-state index in [9.17, 15) is 4.79 Å². The van der Waals surface area contributed by atoms with E-state index >= 15 is 0 Å². The Morgan fingerprint density at radius 1 is 1.29 bits per heavy atom. The van der Waals surface area contributed by atoms with E-state index in [2.05, 4.69) is 64.2 Å². The predicted molar refractivity (Wildman–Crippen MR) is 86.8 cm³/mol. The molecule has 3 nitrogen and oxygen atoms in total. The van der Waals surface area contributed by atoms with Gasteiger partial charge in [0.15, 0.2) is 0 Å². The molecule has 0 saturated carbocycles. The van der Waals surface area contributed by atoms with Crippen LogP contribution in [0, 0.1) is 18.8 Å². The van der Waals surface area contributed by atoms with Crippen molar-refractivity contribution < 1.29 is 4.79 Å². The van der Waals surface area contributed by atoms with Gasteiger partial charge in [0.2, 0.25) is 5.91 Å². The highest BCUT2D eigenvalue weighted by atomic mass is 16.2. The Bertz CT molecular complexity index is 498. The van der Waals surface area contributed by atoms with Gasteiger partial charge < -0.3 is 4.90 Å². The molecule has 1 heterocycles. The second kappa shape index (κ2) is 6.61. The molecule has 3 unspecified atom stereocenters. The molecule has 1 aromatic rings. The van der Waals surface area contributed by atoms with E-state index in [4.69, 9.17) is 0 Å². The fourth-order valence-corrected chi connectivity index (χ4v) is 2.99. The van der Waals surface area contributed by atoms with Gasteiger partial charge in [0.05, 0.1) is 6.04 Å². The van der Waals surface area contributed by atoms with E-state index in [0.717, 1.165) is 13.0 Å². The molecule has 0 radical (unpaired) electrons. The Morgan fingerprint density at radius 3 is 2.57 bits per heavy atom. The van der Waals surface area contributed by atoms with Crippen LogP contribution in [0.25, 0.3) is 0 Å². The lowest BCUT2D eigenvalue weighted by atomic mass is 9.99. The quantitative estimate of drug-likeness (QED) is 0.899. The average molecular weight is 288 g/mol. The summed E-state index contributed by atoms with van der Waals surface area (Å²) in [5, 5.41) is 3.57. The number of nitrogens with zero attached hydrogens (tertiary/aromatic N) is 1. The van der Waals surface area contributed by atoms with Crippen LogP contribution in [0.3, 0.4) is 0 Å². The standard InChI is InChI=1S/C18H28N2O/c1-6-14(5)16-18(21)20(11-12(2)3)17(19-16)15-9-7-8-13(4)10-15/h7-10,12,14,16-17,19H,6,11H2,1-5H3. The van der Waals surface area contributed by atoms with Crippen LogP contribution in [-0.2, 0) is 4.79 Å². The molecule has 21 heavy (non-hydrogen) atoms. The zero-order valence-corrected chi connectivity index (χ0v) is 13.9. The molecule has 3 heteroatoms. The van der Waals surface area contributed by atoms with Gasteiger partial charge in [-0.25, -0.2) is 0 Å². The zero-order chi connectivity index (χ0) is 15.6. The summed E-state index contributed by atoms with van der Waals surface area (Å²) >= 11 is 0. The third-order valence-electron chi connectivity index (χ3n) is 4.33. The monoisotopic (exact) mass is 288 g/mol. The highest BCUT2D eigenvalue weighted by Crippen LogP contribution is 2.30. The van der Waals surface area contributed by atoms with Crippen LogP contribution in [0.1, 0.15) is 51.4 Å². The number of carbonyl (C=O) groups is 1. The molecule has 1 N–H and O–H groups in total. The lowest BCUT2D eigenvalue weighted by molar-refractivity contribution is -0.131. The van der Waals surface area contributed by atoms with E-state index in [1.165, 1.54) is 11.1 Å². The molecule has 116 valence electrons. The number of carbonyl (C=O) groups excluding carboxylic acids is 1. The number of benzene rings is 1. The molecule has 1 aromatic carbocycles. The van der Waals surface area contributed by atoms with Gasteiger partial charge in [-0.1, -0.05) is 63.9 Å². The van der Waals surface area contributed by atoms with Gasteiger partial charge in [0.25, 0.3) is 0 Å². The fraction of sp³-hybridized carbons (Fsp3) is 0.611. The molecule has 0 aromatic heterocycles. The van der Waals surface area contributed by atoms with Crippen molar-refractivity contribution in [2.45, 2.75) is 53.2 Å². The van der Waals surface area contributed by atoms with E-state index in [0.29, 0.717) is 11.8 Å². The van der Waals surface area contributed by atoms with Crippen LogP contribution in [0.4, 0.5) is 0 Å². The molecule has 1 aliphatic heterocycles. The van der Waals surface area contributed by atoms with E-state index < -0.39 is 0 Å². The minimum Gasteiger partial charge on any atom is -0.321 e. The average Bonchev–Trinajstić information content (AvgIpc) is 2.75. The highest BCUT2D eigenvalue weighted by molar-refractivity contribution is 5.85. The second-order valence-corrected chi connectivity index (χ2v) is 6.73. The van der Waals surface area contributed by atoms with Crippen LogP contribution in [0.15, 0.2) is 24.3 Å². The van der Waals surface area contributed by atoms with Crippen molar-refractivity contribution in [1.29, 1.82) is 0 Å². The van der Waals surface area contributed by atoms with Crippen molar-refractivity contribution in [3.05, 3.63) is 35.4 Å². The zero-order valence-electron chi connectivity index (χ0n) is 13.9. The fourth-order valence-electron chi connectivity index (χ4n) is 2.99. The largest absolute Gasteiger partial charge is 0.321 e. The predicted octanol–water partition coefficient (Wildman–Crippen LogP) is 3.50. The minimum absolute atomic E-state index is 0.0128. The first-order valence-corrected chi connectivity index (χ1v) is 8.07. The molecule has 1 amide bonds. The first kappa shape index (κ1) is 16.0. The van der Waals surface area contributed by atoms with Gasteiger partial charge >= 0.3 is 0 Å². The van der Waals surface area contributed by atoms with Crippen molar-refractivity contribution in [3.63, 3.8) is 0 Å². The molecule has 1 aliphatic rings. The van der Waals surface area contributed by atoms with Gasteiger partial charge in [-0.3, -0.25) is 10.1 Å². The lowest BCUT2D eigenvalue weighted by Gasteiger charge is -2.26. The Morgan fingerprint density at radius 2 is 2.00 bits per heavy atom. The summed E-state index contributed by atoms with van der Waals surface area (Å²) in [5.74, 6) is 1.09. The first-order chi connectivity index (χ1) is 9.93. The molecular formula is C18H28N2O. The summed E-state index contributed by atoms with van der Waals surface area (Å²) in [6.45, 7) is 11.5. The van der Waals surface area contributed by atoms with Gasteiger partial charge in [-0.05, 0) is 24.3 Å². The Kier molecular flexibility index (Phi) is 5.04. The Balaban J connectivity index is 2.30. The maximum absolute atomic E-state index is 12.8. The van der Waals surface area contributed by atoms with Gasteiger partial charge in [0, 0.05) is 6.54 Å². The third kappa shape index (κ3) is 3.46. The molecule has 2 rings (SSSR count). The number of rotatable bonds is 5. The topological polar surface area (TPSA) is 32.3 Å². The summed E-state index contributed by atoms with van der Waals surface area (Å²) in [4.78, 5) is 14.8. The van der Waals surface area contributed by atoms with Crippen LogP contribution in [-0.4, -0.2) is 23.4 Å². The Hall–Kier alpha value is -1.35. The van der Waals surface area contributed by atoms with Crippen molar-refractivity contribution >= 4 is 5.91 Å². The molecule has 0 aliphatic carbocycles. The molecule has 1 fully saturated rings. The van der Waals surface area contributed by atoms with E-state index in [-0.39, 0.29) is 18.1 Å². The van der Waals surface area contributed by atoms with Crippen molar-refractivity contribution in [3.8, 4) is 0 Å². The van der Waals surface area contributed by atoms with Gasteiger partial charge in [-0.15, -0.1) is 0 Å². The number of nitrogens with one attached hydrogen (secondary N) is 1. The minimum atomic E-state index is -0.0562. The molecule has 3 atom stereocenters. The third-order valence-corrected chi connectivity index (χ3v) is 4.33. The first-order valence-electron chi connectivity index (χ1n) is 8.07. The van der Waals surface area contributed by atoms with Crippen LogP contribution >= 0.6 is 0 Å². The highest BCUT2D eigenvalue weighted by Gasteiger charge is 2.41. The normalized spacial score (nSPS) is 23.9. The summed E-state index contributed by atoms with van der Waals surface area (Å²) in [7, 11) is 0. The summed E-state index contributed by atoms with van der Waals surface area (Å²) in [6.07, 6.45) is 1.03. The summed E-state index contributed by atoms with van der Waals surface area (Å²) in [6, 6.07) is 8.40. The van der Waals surface area contributed by atoms with E-state index in [1.54, 1.807) is 0 Å². The maximum atomic E-state index is 12.8. The number of hydrogen-bond acceptors (Lipinski definition) is 2. The van der Waals surface area contributed by atoms with Gasteiger partial charge in [0.1, 0.15) is 6.17 Å². The summed E-state index contributed by atoms with van der Waals surface area (Å²) < 4.78 is 0. The number of aryl methyl sites for hydroxylation is 1. The number of amides is 1. The van der Waals surface area contributed by atoms with E-state index in [1.807, 2.05) is 4.90 Å². The molecule has 0 bridgehead atoms. The molecular weight excluding hydrogens is 260 g/mol. The van der Waals surface area contributed by atoms with Crippen molar-refractivity contribution in [1.82, 2.24) is 10.2 Å². The number of hydrogen-bond donors (Lipinski definition) is 1. The van der Waals surface area contributed by atoms with Gasteiger partial charge in [-0.2, -0.15) is 0 Å². The lowest BCUT2D eigenvalue weighted by Crippen LogP contribution is -2.36. The van der Waals surface area contributed by atoms with Crippen LogP contribution in [0.5, 0.6) is 0 Å². The van der Waals surface area contributed by atoms with Crippen molar-refractivity contribution in [2.24, 2.45) is 11.8 Å². The van der Waals surface area contributed by atoms with Crippen molar-refractivity contribution in [2.75, 3.05) is 6.54 Å². The Labute approximate surface area is 128 Å². The summed E-state index contributed by atoms with van der Waals surface area (Å²) in [5.41, 5.74) is 2.42.